The minimum atomic E-state index is -9.29. The molecule has 0 aromatic heterocycles. The average Bonchev–Trinajstić information content (AvgIpc) is 3.06. The fraction of sp³-hybridized carbons (Fsp3) is 0.516. The molecule has 2 aromatic carbocycles. The van der Waals surface area contributed by atoms with Gasteiger partial charge in [-0.15, -0.1) is 0 Å². The lowest BCUT2D eigenvalue weighted by Crippen LogP contribution is -2.76. The Hall–Kier alpha value is -4.40. The number of nitrogens with zero attached hydrogens (tertiary/aromatic N) is 1. The zero-order chi connectivity index (χ0) is 44.1. The summed E-state index contributed by atoms with van der Waals surface area (Å²) in [6.07, 6.45) is -12.6. The number of benzene rings is 2. The fourth-order valence-electron chi connectivity index (χ4n) is 4.71. The summed E-state index contributed by atoms with van der Waals surface area (Å²) in [5.74, 6) is -83.1. The van der Waals surface area contributed by atoms with E-state index >= 15 is 8.78 Å². The average molecular weight is 852 g/mol. The third-order valence-electron chi connectivity index (χ3n) is 7.88. The maximum absolute atomic E-state index is 15.1. The van der Waals surface area contributed by atoms with Crippen LogP contribution in [0.3, 0.4) is 0 Å². The predicted molar refractivity (Wildman–Crippen MR) is 147 cm³/mol. The molecule has 56 heavy (non-hydrogen) atoms. The number of nitriles is 1. The van der Waals surface area contributed by atoms with Gasteiger partial charge in [0, 0.05) is 30.0 Å². The number of carbonyl (C=O) groups excluding carboxylic acids is 2. The maximum atomic E-state index is 15.1. The van der Waals surface area contributed by atoms with Gasteiger partial charge < -0.3 is 5.32 Å². The Morgan fingerprint density at radius 1 is 0.554 bits per heavy atom. The topological polar surface area (TPSA) is 70.0 Å². The molecule has 0 aliphatic heterocycles. The molecule has 1 atom stereocenters. The van der Waals surface area contributed by atoms with Gasteiger partial charge >= 0.3 is 59.5 Å². The van der Waals surface area contributed by atoms with Crippen LogP contribution in [0.15, 0.2) is 48.5 Å². The minimum absolute atomic E-state index is 0.0861. The smallest absolute Gasteiger partial charge is 0.354 e. The van der Waals surface area contributed by atoms with E-state index < -0.39 is 102 Å². The summed E-state index contributed by atoms with van der Waals surface area (Å²) in [6, 6.07) is 8.20. The molecule has 1 amide bonds. The first-order valence-corrected chi connectivity index (χ1v) is 14.7. The molecule has 25 heteroatoms. The van der Waals surface area contributed by atoms with Crippen LogP contribution in [0.1, 0.15) is 59.7 Å². The number of rotatable bonds is 16. The molecule has 0 heterocycles. The summed E-state index contributed by atoms with van der Waals surface area (Å²) >= 11 is 0. The van der Waals surface area contributed by atoms with Gasteiger partial charge in [-0.05, 0) is 49.6 Å². The quantitative estimate of drug-likeness (QED) is 0.135. The second-order valence-electron chi connectivity index (χ2n) is 12.3. The molecule has 314 valence electrons. The first-order chi connectivity index (χ1) is 24.8. The normalized spacial score (nSPS) is 15.1. The van der Waals surface area contributed by atoms with Crippen LogP contribution in [0.5, 0.6) is 0 Å². The van der Waals surface area contributed by atoms with E-state index in [1.165, 1.54) is 26.0 Å². The van der Waals surface area contributed by atoms with Crippen molar-refractivity contribution in [3.63, 3.8) is 0 Å². The third-order valence-corrected chi connectivity index (χ3v) is 7.88. The van der Waals surface area contributed by atoms with Crippen molar-refractivity contribution in [3.05, 3.63) is 70.8 Å². The Kier molecular flexibility index (Phi) is 12.7. The van der Waals surface area contributed by atoms with Crippen LogP contribution in [0.2, 0.25) is 0 Å². The zero-order valence-electron chi connectivity index (χ0n) is 27.4. The molecule has 0 bridgehead atoms. The van der Waals surface area contributed by atoms with Crippen molar-refractivity contribution in [2.24, 2.45) is 0 Å². The standard InChI is InChI=1S/C31H21F21N2O2/c1-14(2)54-20(55)11-19(16-7-9-18(10-8-16)21(56)17-5-3-15(13-53)4-6-17)12-22(32,33)23(34,35)24(36,37)25(38,39)26(40,41)27(42,43)28(44,45)29(46,47)30(48,49)31(50,51)52/h3-10,14,19H,11-12H2,1-2H3,(H,54,55). The van der Waals surface area contributed by atoms with Gasteiger partial charge in [0.25, 0.3) is 0 Å². The third kappa shape index (κ3) is 7.67. The highest BCUT2D eigenvalue weighted by molar-refractivity contribution is 6.09. The number of carbonyl (C=O) groups is 2. The molecular formula is C31H21F21N2O2. The van der Waals surface area contributed by atoms with Gasteiger partial charge in [-0.2, -0.15) is 97.5 Å². The van der Waals surface area contributed by atoms with Gasteiger partial charge in [0.15, 0.2) is 5.78 Å². The predicted octanol–water partition coefficient (Wildman–Crippen LogP) is 10.5. The molecule has 0 aliphatic rings. The molecule has 0 saturated heterocycles. The van der Waals surface area contributed by atoms with E-state index in [0.29, 0.717) is 12.1 Å². The molecule has 0 saturated carbocycles. The lowest BCUT2D eigenvalue weighted by atomic mass is 9.82. The molecule has 2 aromatic rings. The molecular weight excluding hydrogens is 831 g/mol. The second kappa shape index (κ2) is 14.8. The molecule has 2 rings (SSSR count). The van der Waals surface area contributed by atoms with Gasteiger partial charge in [0.1, 0.15) is 0 Å². The Morgan fingerprint density at radius 3 is 1.23 bits per heavy atom. The number of halogens is 21. The lowest BCUT2D eigenvalue weighted by molar-refractivity contribution is -0.474. The van der Waals surface area contributed by atoms with Gasteiger partial charge in [-0.1, -0.05) is 24.3 Å². The van der Waals surface area contributed by atoms with E-state index in [9.17, 15) is 93.0 Å². The van der Waals surface area contributed by atoms with E-state index in [1.54, 1.807) is 6.07 Å². The Morgan fingerprint density at radius 2 is 0.893 bits per heavy atom. The van der Waals surface area contributed by atoms with Crippen LogP contribution in [0.4, 0.5) is 92.2 Å². The first-order valence-electron chi connectivity index (χ1n) is 14.7. The number of hydrogen-bond donors (Lipinski definition) is 1. The number of nitrogens with one attached hydrogen (secondary N) is 1. The summed E-state index contributed by atoms with van der Waals surface area (Å²) < 4.78 is 291. The maximum Gasteiger partial charge on any atom is 0.460 e. The number of alkyl halides is 21. The van der Waals surface area contributed by atoms with Crippen LogP contribution >= 0.6 is 0 Å². The molecule has 1 unspecified atom stereocenters. The van der Waals surface area contributed by atoms with Gasteiger partial charge in [0.05, 0.1) is 11.6 Å². The molecule has 0 spiro atoms. The van der Waals surface area contributed by atoms with Crippen molar-refractivity contribution in [3.8, 4) is 6.07 Å². The van der Waals surface area contributed by atoms with Crippen molar-refractivity contribution < 1.29 is 102 Å². The van der Waals surface area contributed by atoms with Crippen molar-refractivity contribution >= 4 is 11.7 Å². The summed E-state index contributed by atoms with van der Waals surface area (Å²) in [5, 5.41) is 10.9. The van der Waals surface area contributed by atoms with Crippen LogP contribution < -0.4 is 5.32 Å². The van der Waals surface area contributed by atoms with E-state index in [1.807, 2.05) is 5.32 Å². The Bertz CT molecular complexity index is 1780. The van der Waals surface area contributed by atoms with Crippen LogP contribution in [0.25, 0.3) is 0 Å². The van der Waals surface area contributed by atoms with E-state index in [0.717, 1.165) is 24.3 Å². The molecule has 0 fully saturated rings. The fourth-order valence-corrected chi connectivity index (χ4v) is 4.71. The molecule has 4 nitrogen and oxygen atoms in total. The highest BCUT2D eigenvalue weighted by Gasteiger charge is 2.97. The van der Waals surface area contributed by atoms with Crippen LogP contribution in [0, 0.1) is 11.3 Å². The zero-order valence-corrected chi connectivity index (χ0v) is 27.4. The lowest BCUT2D eigenvalue weighted by Gasteiger charge is -2.44. The number of ketones is 1. The van der Waals surface area contributed by atoms with Crippen molar-refractivity contribution in [2.45, 2.75) is 98.1 Å². The Labute approximate surface area is 299 Å². The highest BCUT2D eigenvalue weighted by atomic mass is 19.4. The summed E-state index contributed by atoms with van der Waals surface area (Å²) in [7, 11) is 0. The molecule has 1 N–H and O–H groups in total. The SMILES string of the molecule is CC(C)NC(=O)CC(CC(F)(F)C(F)(F)C(F)(F)C(F)(F)C(F)(F)C(F)(F)C(F)(F)C(F)(F)C(F)(F)C(F)(F)F)c1ccc(C(=O)c2ccc(C#N)cc2)cc1. The van der Waals surface area contributed by atoms with Gasteiger partial charge in [-0.25, -0.2) is 0 Å². The van der Waals surface area contributed by atoms with Crippen LogP contribution in [-0.4, -0.2) is 77.2 Å². The summed E-state index contributed by atoms with van der Waals surface area (Å²) in [6.45, 7) is 2.45. The number of amides is 1. The summed E-state index contributed by atoms with van der Waals surface area (Å²) in [5.41, 5.74) is -1.17. The van der Waals surface area contributed by atoms with E-state index in [2.05, 4.69) is 0 Å². The van der Waals surface area contributed by atoms with Crippen molar-refractivity contribution in [1.82, 2.24) is 5.32 Å². The van der Waals surface area contributed by atoms with Gasteiger partial charge in [0.2, 0.25) is 5.91 Å². The summed E-state index contributed by atoms with van der Waals surface area (Å²) in [4.78, 5) is 25.1. The van der Waals surface area contributed by atoms with E-state index in [-0.39, 0.29) is 16.7 Å². The highest BCUT2D eigenvalue weighted by Crippen LogP contribution is 2.66. The molecule has 0 radical (unpaired) electrons. The monoisotopic (exact) mass is 852 g/mol. The van der Waals surface area contributed by atoms with Crippen molar-refractivity contribution in [1.29, 1.82) is 5.26 Å². The van der Waals surface area contributed by atoms with Crippen molar-refractivity contribution in [2.75, 3.05) is 0 Å². The van der Waals surface area contributed by atoms with Gasteiger partial charge in [-0.3, -0.25) is 9.59 Å². The van der Waals surface area contributed by atoms with Crippen LogP contribution in [-0.2, 0) is 4.79 Å². The Balaban J connectivity index is 2.65. The number of hydrogen-bond acceptors (Lipinski definition) is 3. The minimum Gasteiger partial charge on any atom is -0.354 e. The first kappa shape index (κ1) is 47.8. The largest absolute Gasteiger partial charge is 0.460 e. The molecule has 0 aliphatic carbocycles. The second-order valence-corrected chi connectivity index (χ2v) is 12.3. The van der Waals surface area contributed by atoms with E-state index in [4.69, 9.17) is 5.26 Å².